The first-order valence-electron chi connectivity index (χ1n) is 4.42. The van der Waals surface area contributed by atoms with E-state index in [4.69, 9.17) is 0 Å². The Morgan fingerprint density at radius 1 is 1.45 bits per heavy atom. The second kappa shape index (κ2) is 1.98. The quantitative estimate of drug-likeness (QED) is 0.564. The molecule has 0 spiro atoms. The maximum atomic E-state index is 13.5. The first kappa shape index (κ1) is 7.53. The number of rotatable bonds is 0. The van der Waals surface area contributed by atoms with Crippen molar-refractivity contribution in [3.05, 3.63) is 0 Å². The van der Waals surface area contributed by atoms with Crippen LogP contribution in [0, 0.1) is 11.3 Å². The summed E-state index contributed by atoms with van der Waals surface area (Å²) < 4.78 is 13.5. The molecule has 1 aliphatic carbocycles. The van der Waals surface area contributed by atoms with Crippen molar-refractivity contribution < 1.29 is 4.39 Å². The van der Waals surface area contributed by atoms with Crippen molar-refractivity contribution in [2.24, 2.45) is 11.3 Å². The number of fused-ring (bicyclic) bond motifs is 1. The van der Waals surface area contributed by atoms with Gasteiger partial charge in [-0.25, -0.2) is 4.39 Å². The third kappa shape index (κ3) is 1.08. The van der Waals surface area contributed by atoms with Crippen LogP contribution in [0.15, 0.2) is 0 Å². The van der Waals surface area contributed by atoms with E-state index in [-0.39, 0.29) is 5.41 Å². The Balaban J connectivity index is 2.19. The number of hydrogen-bond acceptors (Lipinski definition) is 1. The Morgan fingerprint density at radius 2 is 2.18 bits per heavy atom. The van der Waals surface area contributed by atoms with Gasteiger partial charge in [-0.15, -0.1) is 0 Å². The van der Waals surface area contributed by atoms with E-state index in [0.717, 1.165) is 25.9 Å². The van der Waals surface area contributed by atoms with Crippen molar-refractivity contribution >= 4 is 0 Å². The maximum absolute atomic E-state index is 13.5. The molecule has 11 heavy (non-hydrogen) atoms. The van der Waals surface area contributed by atoms with Crippen LogP contribution in [0.4, 0.5) is 4.39 Å². The van der Waals surface area contributed by atoms with Crippen molar-refractivity contribution in [3.8, 4) is 0 Å². The Hall–Kier alpha value is -0.110. The SMILES string of the molecule is CC1(F)CC2CNCC2(C)C1. The van der Waals surface area contributed by atoms with E-state index >= 15 is 0 Å². The van der Waals surface area contributed by atoms with E-state index in [1.54, 1.807) is 6.92 Å². The molecule has 2 aliphatic rings. The highest BCUT2D eigenvalue weighted by Gasteiger charge is 2.52. The van der Waals surface area contributed by atoms with Gasteiger partial charge in [-0.3, -0.25) is 0 Å². The van der Waals surface area contributed by atoms with E-state index in [9.17, 15) is 4.39 Å². The zero-order valence-corrected chi connectivity index (χ0v) is 7.28. The van der Waals surface area contributed by atoms with Crippen LogP contribution in [0.5, 0.6) is 0 Å². The zero-order chi connectivity index (χ0) is 8.11. The van der Waals surface area contributed by atoms with E-state index in [1.807, 2.05) is 0 Å². The minimum absolute atomic E-state index is 0.253. The first-order chi connectivity index (χ1) is 5.02. The van der Waals surface area contributed by atoms with Crippen LogP contribution in [-0.2, 0) is 0 Å². The molecular formula is C9H16FN. The van der Waals surface area contributed by atoms with Crippen LogP contribution < -0.4 is 5.32 Å². The molecule has 0 bridgehead atoms. The lowest BCUT2D eigenvalue weighted by molar-refractivity contribution is 0.173. The topological polar surface area (TPSA) is 12.0 Å². The smallest absolute Gasteiger partial charge is 0.109 e. The van der Waals surface area contributed by atoms with E-state index in [2.05, 4.69) is 12.2 Å². The molecule has 1 nitrogen and oxygen atoms in total. The molecule has 1 heterocycles. The van der Waals surface area contributed by atoms with Gasteiger partial charge in [0.25, 0.3) is 0 Å². The summed E-state index contributed by atoms with van der Waals surface area (Å²) in [6.07, 6.45) is 1.51. The molecule has 0 amide bonds. The molecule has 1 saturated heterocycles. The lowest BCUT2D eigenvalue weighted by Gasteiger charge is -2.22. The van der Waals surface area contributed by atoms with Gasteiger partial charge in [0.05, 0.1) is 0 Å². The highest BCUT2D eigenvalue weighted by atomic mass is 19.1. The summed E-state index contributed by atoms with van der Waals surface area (Å²) in [6, 6.07) is 0. The van der Waals surface area contributed by atoms with Gasteiger partial charge < -0.3 is 5.32 Å². The molecule has 0 aromatic rings. The Labute approximate surface area is 67.4 Å². The van der Waals surface area contributed by atoms with Gasteiger partial charge in [0.1, 0.15) is 5.67 Å². The van der Waals surface area contributed by atoms with Gasteiger partial charge in [0.2, 0.25) is 0 Å². The molecule has 2 rings (SSSR count). The van der Waals surface area contributed by atoms with Crippen molar-refractivity contribution in [3.63, 3.8) is 0 Å². The van der Waals surface area contributed by atoms with Crippen molar-refractivity contribution in [1.29, 1.82) is 0 Å². The fourth-order valence-corrected chi connectivity index (χ4v) is 2.88. The summed E-state index contributed by atoms with van der Waals surface area (Å²) in [7, 11) is 0. The molecule has 2 fully saturated rings. The summed E-state index contributed by atoms with van der Waals surface area (Å²) in [5, 5.41) is 3.34. The lowest BCUT2D eigenvalue weighted by atomic mass is 9.83. The monoisotopic (exact) mass is 157 g/mol. The number of nitrogens with one attached hydrogen (secondary N) is 1. The predicted molar refractivity (Wildman–Crippen MR) is 43.2 cm³/mol. The van der Waals surface area contributed by atoms with Crippen molar-refractivity contribution in [2.45, 2.75) is 32.4 Å². The molecule has 3 unspecified atom stereocenters. The van der Waals surface area contributed by atoms with E-state index < -0.39 is 5.67 Å². The molecule has 1 N–H and O–H groups in total. The normalized spacial score (nSPS) is 56.5. The minimum atomic E-state index is -0.887. The highest BCUT2D eigenvalue weighted by molar-refractivity contribution is 5.04. The summed E-state index contributed by atoms with van der Waals surface area (Å²) in [5.41, 5.74) is -0.634. The zero-order valence-electron chi connectivity index (χ0n) is 7.28. The van der Waals surface area contributed by atoms with Crippen molar-refractivity contribution in [1.82, 2.24) is 5.32 Å². The molecule has 1 saturated carbocycles. The third-order valence-electron chi connectivity index (χ3n) is 3.35. The summed E-state index contributed by atoms with van der Waals surface area (Å²) in [5.74, 6) is 0.581. The average molecular weight is 157 g/mol. The fourth-order valence-electron chi connectivity index (χ4n) is 2.88. The highest BCUT2D eigenvalue weighted by Crippen LogP contribution is 2.51. The van der Waals surface area contributed by atoms with E-state index in [0.29, 0.717) is 5.92 Å². The van der Waals surface area contributed by atoms with Gasteiger partial charge in [0, 0.05) is 6.54 Å². The van der Waals surface area contributed by atoms with Crippen LogP contribution in [0.25, 0.3) is 0 Å². The van der Waals surface area contributed by atoms with Gasteiger partial charge in [-0.1, -0.05) is 6.92 Å². The second-order valence-electron chi connectivity index (χ2n) is 4.78. The van der Waals surface area contributed by atoms with Crippen LogP contribution in [-0.4, -0.2) is 18.8 Å². The number of halogens is 1. The number of alkyl halides is 1. The second-order valence-corrected chi connectivity index (χ2v) is 4.78. The molecule has 64 valence electrons. The molecule has 1 aliphatic heterocycles. The van der Waals surface area contributed by atoms with Crippen molar-refractivity contribution in [2.75, 3.05) is 13.1 Å². The minimum Gasteiger partial charge on any atom is -0.316 e. The molecular weight excluding hydrogens is 141 g/mol. The summed E-state index contributed by atoms with van der Waals surface area (Å²) in [6.45, 7) is 5.99. The summed E-state index contributed by atoms with van der Waals surface area (Å²) in [4.78, 5) is 0. The average Bonchev–Trinajstić information content (AvgIpc) is 2.16. The Morgan fingerprint density at radius 3 is 2.82 bits per heavy atom. The van der Waals surface area contributed by atoms with Gasteiger partial charge in [-0.05, 0) is 37.6 Å². The predicted octanol–water partition coefficient (Wildman–Crippen LogP) is 1.73. The molecule has 0 aromatic carbocycles. The van der Waals surface area contributed by atoms with Gasteiger partial charge >= 0.3 is 0 Å². The van der Waals surface area contributed by atoms with Crippen LogP contribution >= 0.6 is 0 Å². The third-order valence-corrected chi connectivity index (χ3v) is 3.35. The van der Waals surface area contributed by atoms with E-state index in [1.165, 1.54) is 0 Å². The molecule has 3 atom stereocenters. The van der Waals surface area contributed by atoms with Gasteiger partial charge in [-0.2, -0.15) is 0 Å². The maximum Gasteiger partial charge on any atom is 0.109 e. The largest absolute Gasteiger partial charge is 0.316 e. The Bertz CT molecular complexity index is 178. The molecule has 0 radical (unpaired) electrons. The molecule has 2 heteroatoms. The van der Waals surface area contributed by atoms with Crippen LogP contribution in [0.3, 0.4) is 0 Å². The summed E-state index contributed by atoms with van der Waals surface area (Å²) >= 11 is 0. The van der Waals surface area contributed by atoms with Crippen LogP contribution in [0.1, 0.15) is 26.7 Å². The first-order valence-corrected chi connectivity index (χ1v) is 4.42. The Kier molecular flexibility index (Phi) is 1.35. The number of hydrogen-bond donors (Lipinski definition) is 1. The molecule has 0 aromatic heterocycles. The van der Waals surface area contributed by atoms with Gasteiger partial charge in [0.15, 0.2) is 0 Å². The fraction of sp³-hybridized carbons (Fsp3) is 1.00. The lowest BCUT2D eigenvalue weighted by Crippen LogP contribution is -2.24. The van der Waals surface area contributed by atoms with Crippen LogP contribution in [0.2, 0.25) is 0 Å². The standard InChI is InChI=1S/C9H16FN/c1-8-5-9(2,10)3-7(8)4-11-6-8/h7,11H,3-6H2,1-2H3.